The lowest BCUT2D eigenvalue weighted by molar-refractivity contribution is -0.121. The smallest absolute Gasteiger partial charge is 0.254 e. The third-order valence-electron chi connectivity index (χ3n) is 5.28. The third kappa shape index (κ3) is 5.60. The number of nitrogens with one attached hydrogen (secondary N) is 2. The molecule has 1 saturated carbocycles. The molecule has 2 amide bonds. The summed E-state index contributed by atoms with van der Waals surface area (Å²) in [5.74, 6) is -0.110. The number of carbonyl (C=O) groups is 2. The highest BCUT2D eigenvalue weighted by atomic mass is 35.5. The molecule has 0 spiro atoms. The van der Waals surface area contributed by atoms with E-state index >= 15 is 0 Å². The van der Waals surface area contributed by atoms with Gasteiger partial charge in [-0.15, -0.1) is 0 Å². The van der Waals surface area contributed by atoms with Crippen LogP contribution in [0.15, 0.2) is 30.5 Å². The maximum absolute atomic E-state index is 12.7. The molecule has 1 aromatic carbocycles. The van der Waals surface area contributed by atoms with E-state index in [4.69, 9.17) is 11.6 Å². The number of benzene rings is 1. The summed E-state index contributed by atoms with van der Waals surface area (Å²) in [4.78, 5) is 24.9. The summed E-state index contributed by atoms with van der Waals surface area (Å²) < 4.78 is 1.77. The molecule has 0 bridgehead atoms. The Morgan fingerprint density at radius 2 is 1.86 bits per heavy atom. The van der Waals surface area contributed by atoms with Crippen molar-refractivity contribution < 1.29 is 9.59 Å². The van der Waals surface area contributed by atoms with Crippen molar-refractivity contribution in [3.63, 3.8) is 0 Å². The number of nitrogens with zero attached hydrogens (tertiary/aromatic N) is 2. The van der Waals surface area contributed by atoms with Gasteiger partial charge in [-0.05, 0) is 43.0 Å². The van der Waals surface area contributed by atoms with Crippen LogP contribution < -0.4 is 10.6 Å². The zero-order chi connectivity index (χ0) is 20.8. The predicted octanol–water partition coefficient (Wildman–Crippen LogP) is 4.22. The van der Waals surface area contributed by atoms with E-state index in [1.165, 1.54) is 19.3 Å². The fraction of sp³-hybridized carbons (Fsp3) is 0.500. The maximum Gasteiger partial charge on any atom is 0.254 e. The molecule has 1 aliphatic rings. The quantitative estimate of drug-likeness (QED) is 0.709. The van der Waals surface area contributed by atoms with Gasteiger partial charge in [0.15, 0.2) is 0 Å². The molecule has 2 N–H and O–H groups in total. The Labute approximate surface area is 177 Å². The van der Waals surface area contributed by atoms with Gasteiger partial charge in [-0.3, -0.25) is 9.59 Å². The van der Waals surface area contributed by atoms with Crippen LogP contribution in [0.2, 0.25) is 5.02 Å². The zero-order valence-corrected chi connectivity index (χ0v) is 17.8. The van der Waals surface area contributed by atoms with E-state index in [9.17, 15) is 9.59 Å². The van der Waals surface area contributed by atoms with Crippen molar-refractivity contribution in [2.24, 2.45) is 0 Å². The average molecular weight is 417 g/mol. The first kappa shape index (κ1) is 21.4. The Balaban J connectivity index is 1.60. The summed E-state index contributed by atoms with van der Waals surface area (Å²) in [6.45, 7) is 4.36. The Hall–Kier alpha value is -2.34. The van der Waals surface area contributed by atoms with Crippen LogP contribution in [0.25, 0.3) is 5.69 Å². The van der Waals surface area contributed by atoms with Crippen LogP contribution in [0, 0.1) is 0 Å². The summed E-state index contributed by atoms with van der Waals surface area (Å²) in [6, 6.07) is 7.63. The minimum absolute atomic E-state index is 0.00172. The van der Waals surface area contributed by atoms with Crippen molar-refractivity contribution in [1.82, 2.24) is 20.4 Å². The van der Waals surface area contributed by atoms with Gasteiger partial charge in [-0.25, -0.2) is 4.68 Å². The second-order valence-electron chi connectivity index (χ2n) is 7.89. The summed E-state index contributed by atoms with van der Waals surface area (Å²) in [5.41, 5.74) is 2.21. The Morgan fingerprint density at radius 3 is 2.52 bits per heavy atom. The predicted molar refractivity (Wildman–Crippen MR) is 115 cm³/mol. The fourth-order valence-corrected chi connectivity index (χ4v) is 3.93. The van der Waals surface area contributed by atoms with Gasteiger partial charge in [0.25, 0.3) is 5.91 Å². The number of amides is 2. The largest absolute Gasteiger partial charge is 0.353 e. The van der Waals surface area contributed by atoms with Crippen molar-refractivity contribution in [2.45, 2.75) is 64.3 Å². The summed E-state index contributed by atoms with van der Waals surface area (Å²) >= 11 is 5.97. The molecule has 0 saturated heterocycles. The van der Waals surface area contributed by atoms with Crippen LogP contribution in [-0.2, 0) is 4.79 Å². The summed E-state index contributed by atoms with van der Waals surface area (Å²) in [7, 11) is 0. The molecule has 2 aromatic rings. The minimum atomic E-state index is -0.209. The number of aromatic nitrogens is 2. The van der Waals surface area contributed by atoms with E-state index in [-0.39, 0.29) is 30.2 Å². The molecular weight excluding hydrogens is 388 g/mol. The molecule has 3 rings (SSSR count). The molecule has 0 unspecified atom stereocenters. The maximum atomic E-state index is 12.7. The first-order valence-corrected chi connectivity index (χ1v) is 10.7. The first-order chi connectivity index (χ1) is 14.0. The van der Waals surface area contributed by atoms with Gasteiger partial charge in [0.1, 0.15) is 0 Å². The Bertz CT molecular complexity index is 839. The third-order valence-corrected chi connectivity index (χ3v) is 5.53. The normalized spacial score (nSPS) is 14.8. The molecule has 1 fully saturated rings. The zero-order valence-electron chi connectivity index (χ0n) is 17.1. The van der Waals surface area contributed by atoms with Crippen molar-refractivity contribution in [3.8, 4) is 5.69 Å². The molecule has 6 nitrogen and oxygen atoms in total. The molecule has 1 heterocycles. The van der Waals surface area contributed by atoms with Crippen LogP contribution in [-0.4, -0.2) is 34.2 Å². The highest BCUT2D eigenvalue weighted by Crippen LogP contribution is 2.24. The number of rotatable bonds is 7. The highest BCUT2D eigenvalue weighted by molar-refractivity contribution is 6.30. The number of hydrogen-bond donors (Lipinski definition) is 2. The number of hydrogen-bond acceptors (Lipinski definition) is 3. The molecule has 0 atom stereocenters. The van der Waals surface area contributed by atoms with Gasteiger partial charge in [0, 0.05) is 24.0 Å². The van der Waals surface area contributed by atoms with Gasteiger partial charge in [-0.1, -0.05) is 44.7 Å². The summed E-state index contributed by atoms with van der Waals surface area (Å²) in [5, 5.41) is 11.0. The molecule has 1 aromatic heterocycles. The van der Waals surface area contributed by atoms with Gasteiger partial charge >= 0.3 is 0 Å². The topological polar surface area (TPSA) is 76.0 Å². The number of halogens is 1. The number of carbonyl (C=O) groups excluding carboxylic acids is 2. The second-order valence-corrected chi connectivity index (χ2v) is 8.33. The lowest BCUT2D eigenvalue weighted by atomic mass is 9.95. The van der Waals surface area contributed by atoms with Gasteiger partial charge in [-0.2, -0.15) is 5.10 Å². The molecule has 29 heavy (non-hydrogen) atoms. The second kappa shape index (κ2) is 9.92. The summed E-state index contributed by atoms with van der Waals surface area (Å²) in [6.07, 6.45) is 7.59. The van der Waals surface area contributed by atoms with Crippen molar-refractivity contribution in [2.75, 3.05) is 6.54 Å². The van der Waals surface area contributed by atoms with E-state index in [0.717, 1.165) is 24.2 Å². The van der Waals surface area contributed by atoms with E-state index in [1.54, 1.807) is 23.0 Å². The molecule has 0 radical (unpaired) electrons. The monoisotopic (exact) mass is 416 g/mol. The molecular formula is C22H29ClN4O2. The van der Waals surface area contributed by atoms with Crippen LogP contribution in [0.1, 0.15) is 74.3 Å². The van der Waals surface area contributed by atoms with Crippen LogP contribution in [0.5, 0.6) is 0 Å². The van der Waals surface area contributed by atoms with E-state index in [0.29, 0.717) is 17.1 Å². The van der Waals surface area contributed by atoms with Gasteiger partial charge in [0.2, 0.25) is 5.91 Å². The van der Waals surface area contributed by atoms with E-state index < -0.39 is 0 Å². The fourth-order valence-electron chi connectivity index (χ4n) is 3.81. The van der Waals surface area contributed by atoms with E-state index in [1.807, 2.05) is 26.0 Å². The van der Waals surface area contributed by atoms with Crippen LogP contribution in [0.4, 0.5) is 0 Å². The lowest BCUT2D eigenvalue weighted by Crippen LogP contribution is -2.38. The highest BCUT2D eigenvalue weighted by Gasteiger charge is 2.21. The first-order valence-electron chi connectivity index (χ1n) is 10.4. The average Bonchev–Trinajstić information content (AvgIpc) is 3.15. The lowest BCUT2D eigenvalue weighted by Gasteiger charge is -2.22. The van der Waals surface area contributed by atoms with Gasteiger partial charge < -0.3 is 10.6 Å². The van der Waals surface area contributed by atoms with Crippen molar-refractivity contribution >= 4 is 23.4 Å². The van der Waals surface area contributed by atoms with E-state index in [2.05, 4.69) is 15.7 Å². The Morgan fingerprint density at radius 1 is 1.17 bits per heavy atom. The minimum Gasteiger partial charge on any atom is -0.353 e. The SMILES string of the molecule is CC(C)c1c(C(=O)NCCC(=O)NC2CCCCC2)cnn1-c1ccc(Cl)cc1. The van der Waals surface area contributed by atoms with Gasteiger partial charge in [0.05, 0.1) is 23.1 Å². The van der Waals surface area contributed by atoms with Crippen LogP contribution in [0.3, 0.4) is 0 Å². The molecule has 7 heteroatoms. The van der Waals surface area contributed by atoms with Crippen molar-refractivity contribution in [3.05, 3.63) is 46.7 Å². The Kier molecular flexibility index (Phi) is 7.31. The molecule has 156 valence electrons. The standard InChI is InChI=1S/C22H29ClN4O2/c1-15(2)21-19(14-25-27(21)18-10-8-16(23)9-11-18)22(29)24-13-12-20(28)26-17-6-4-3-5-7-17/h8-11,14-15,17H,3-7,12-13H2,1-2H3,(H,24,29)(H,26,28). The van der Waals surface area contributed by atoms with Crippen LogP contribution >= 0.6 is 11.6 Å². The molecule has 0 aliphatic heterocycles. The van der Waals surface area contributed by atoms with Crippen molar-refractivity contribution in [1.29, 1.82) is 0 Å². The molecule has 1 aliphatic carbocycles.